The number of allylic oxidation sites excluding steroid dienone is 2. The first-order chi connectivity index (χ1) is 16.7. The Balaban J connectivity index is 3.45. The molecule has 0 aliphatic rings. The summed E-state index contributed by atoms with van der Waals surface area (Å²) in [5.41, 5.74) is 0. The van der Waals surface area contributed by atoms with E-state index in [-0.39, 0.29) is 5.92 Å². The van der Waals surface area contributed by atoms with Gasteiger partial charge in [0.1, 0.15) is 0 Å². The lowest BCUT2D eigenvalue weighted by molar-refractivity contribution is -0.142. The molecular weight excluding hydrogens is 416 g/mol. The average Bonchev–Trinajstić information content (AvgIpc) is 2.83. The number of rotatable bonds is 28. The van der Waals surface area contributed by atoms with Crippen molar-refractivity contribution < 1.29 is 9.90 Å². The third-order valence-electron chi connectivity index (χ3n) is 7.32. The summed E-state index contributed by atoms with van der Waals surface area (Å²) in [4.78, 5) is 11.6. The van der Waals surface area contributed by atoms with Crippen LogP contribution in [0.15, 0.2) is 12.2 Å². The van der Waals surface area contributed by atoms with Crippen LogP contribution in [0.4, 0.5) is 0 Å². The van der Waals surface area contributed by atoms with Gasteiger partial charge < -0.3 is 5.11 Å². The Labute approximate surface area is 214 Å². The van der Waals surface area contributed by atoms with Crippen molar-refractivity contribution in [2.24, 2.45) is 5.92 Å². The summed E-state index contributed by atoms with van der Waals surface area (Å²) in [5.74, 6) is -0.672. The maximum absolute atomic E-state index is 11.6. The van der Waals surface area contributed by atoms with Gasteiger partial charge >= 0.3 is 5.97 Å². The smallest absolute Gasteiger partial charge is 0.306 e. The first kappa shape index (κ1) is 33.2. The number of hydrogen-bond acceptors (Lipinski definition) is 1. The Kier molecular flexibility index (Phi) is 27.8. The van der Waals surface area contributed by atoms with Gasteiger partial charge in [-0.2, -0.15) is 0 Å². The lowest BCUT2D eigenvalue weighted by Gasteiger charge is -2.12. The predicted octanol–water partition coefficient (Wildman–Crippen LogP) is 11.4. The summed E-state index contributed by atoms with van der Waals surface area (Å²) in [6.07, 6.45) is 38.0. The molecule has 0 aliphatic heterocycles. The van der Waals surface area contributed by atoms with Gasteiger partial charge in [0.25, 0.3) is 0 Å². The second kappa shape index (κ2) is 28.4. The van der Waals surface area contributed by atoms with Crippen molar-refractivity contribution in [3.05, 3.63) is 12.2 Å². The van der Waals surface area contributed by atoms with E-state index in [0.29, 0.717) is 0 Å². The van der Waals surface area contributed by atoms with E-state index in [4.69, 9.17) is 0 Å². The molecule has 2 heteroatoms. The molecule has 2 nitrogen and oxygen atoms in total. The van der Waals surface area contributed by atoms with E-state index < -0.39 is 5.97 Å². The number of unbranched alkanes of at least 4 members (excludes halogenated alkanes) is 21. The van der Waals surface area contributed by atoms with Crippen LogP contribution in [0.25, 0.3) is 0 Å². The van der Waals surface area contributed by atoms with Crippen LogP contribution in [-0.4, -0.2) is 11.1 Å². The van der Waals surface area contributed by atoms with Gasteiger partial charge in [-0.05, 0) is 38.5 Å². The largest absolute Gasteiger partial charge is 0.481 e. The molecule has 0 rings (SSSR count). The van der Waals surface area contributed by atoms with Crippen molar-refractivity contribution in [3.63, 3.8) is 0 Å². The van der Waals surface area contributed by atoms with Crippen LogP contribution in [0.2, 0.25) is 0 Å². The van der Waals surface area contributed by atoms with Gasteiger partial charge in [0.2, 0.25) is 0 Å². The Morgan fingerprint density at radius 2 is 0.794 bits per heavy atom. The van der Waals surface area contributed by atoms with Crippen molar-refractivity contribution in [2.45, 2.75) is 181 Å². The van der Waals surface area contributed by atoms with Crippen LogP contribution in [0.1, 0.15) is 181 Å². The highest BCUT2D eigenvalue weighted by Crippen LogP contribution is 2.20. The lowest BCUT2D eigenvalue weighted by Crippen LogP contribution is -2.13. The SMILES string of the molecule is CCCCCCCC/C=C\CCCCCCCCC(CCCCCCCCCCCC)C(=O)O. The van der Waals surface area contributed by atoms with Crippen LogP contribution >= 0.6 is 0 Å². The molecule has 34 heavy (non-hydrogen) atoms. The molecule has 0 aromatic heterocycles. The summed E-state index contributed by atoms with van der Waals surface area (Å²) in [6.45, 7) is 4.54. The first-order valence-electron chi connectivity index (χ1n) is 15.6. The van der Waals surface area contributed by atoms with E-state index in [0.717, 1.165) is 25.7 Å². The standard InChI is InChI=1S/C32H62O2/c1-3-5-7-9-11-13-15-16-17-18-19-20-22-24-26-28-30-31(32(33)34)29-27-25-23-21-14-12-10-8-6-4-2/h16-17,31H,3-15,18-30H2,1-2H3,(H,33,34)/b17-16-. The van der Waals surface area contributed by atoms with Gasteiger partial charge in [0.15, 0.2) is 0 Å². The maximum atomic E-state index is 11.6. The molecule has 0 bridgehead atoms. The molecule has 0 saturated heterocycles. The topological polar surface area (TPSA) is 37.3 Å². The minimum atomic E-state index is -0.566. The molecule has 0 heterocycles. The number of carbonyl (C=O) groups is 1. The summed E-state index contributed by atoms with van der Waals surface area (Å²) in [5, 5.41) is 9.54. The van der Waals surface area contributed by atoms with Crippen LogP contribution in [0.5, 0.6) is 0 Å². The fourth-order valence-electron chi connectivity index (χ4n) is 4.91. The van der Waals surface area contributed by atoms with Gasteiger partial charge in [-0.1, -0.05) is 154 Å². The molecule has 1 atom stereocenters. The minimum Gasteiger partial charge on any atom is -0.481 e. The number of hydrogen-bond donors (Lipinski definition) is 1. The summed E-state index contributed by atoms with van der Waals surface area (Å²) in [6, 6.07) is 0. The second-order valence-electron chi connectivity index (χ2n) is 10.7. The van der Waals surface area contributed by atoms with Crippen LogP contribution in [0.3, 0.4) is 0 Å². The molecule has 202 valence electrons. The zero-order valence-corrected chi connectivity index (χ0v) is 23.5. The second-order valence-corrected chi connectivity index (χ2v) is 10.7. The molecule has 0 aromatic carbocycles. The van der Waals surface area contributed by atoms with Crippen molar-refractivity contribution in [2.75, 3.05) is 0 Å². The van der Waals surface area contributed by atoms with Crippen molar-refractivity contribution in [1.29, 1.82) is 0 Å². The highest BCUT2D eigenvalue weighted by molar-refractivity contribution is 5.69. The normalized spacial score (nSPS) is 12.5. The minimum absolute atomic E-state index is 0.106. The van der Waals surface area contributed by atoms with E-state index in [9.17, 15) is 9.90 Å². The summed E-state index contributed by atoms with van der Waals surface area (Å²) < 4.78 is 0. The van der Waals surface area contributed by atoms with Crippen molar-refractivity contribution >= 4 is 5.97 Å². The van der Waals surface area contributed by atoms with E-state index in [2.05, 4.69) is 26.0 Å². The number of carboxylic acids is 1. The highest BCUT2D eigenvalue weighted by Gasteiger charge is 2.16. The Morgan fingerprint density at radius 1 is 0.500 bits per heavy atom. The Morgan fingerprint density at radius 3 is 1.12 bits per heavy atom. The lowest BCUT2D eigenvalue weighted by atomic mass is 9.94. The third kappa shape index (κ3) is 25.8. The molecule has 0 spiro atoms. The number of carboxylic acid groups (broad SMARTS) is 1. The Bertz CT molecular complexity index is 429. The zero-order chi connectivity index (χ0) is 25.0. The van der Waals surface area contributed by atoms with E-state index in [1.807, 2.05) is 0 Å². The monoisotopic (exact) mass is 478 g/mol. The van der Waals surface area contributed by atoms with Gasteiger partial charge in [0, 0.05) is 0 Å². The molecule has 1 N–H and O–H groups in total. The van der Waals surface area contributed by atoms with E-state index >= 15 is 0 Å². The molecule has 0 amide bonds. The zero-order valence-electron chi connectivity index (χ0n) is 23.5. The molecule has 0 radical (unpaired) electrons. The van der Waals surface area contributed by atoms with Gasteiger partial charge in [-0.3, -0.25) is 4.79 Å². The average molecular weight is 479 g/mol. The maximum Gasteiger partial charge on any atom is 0.306 e. The van der Waals surface area contributed by atoms with Crippen molar-refractivity contribution in [3.8, 4) is 0 Å². The van der Waals surface area contributed by atoms with Gasteiger partial charge in [-0.15, -0.1) is 0 Å². The predicted molar refractivity (Wildman–Crippen MR) is 152 cm³/mol. The Hall–Kier alpha value is -0.790. The molecule has 0 aliphatic carbocycles. The summed E-state index contributed by atoms with van der Waals surface area (Å²) >= 11 is 0. The van der Waals surface area contributed by atoms with Crippen molar-refractivity contribution in [1.82, 2.24) is 0 Å². The molecular formula is C32H62O2. The molecule has 1 unspecified atom stereocenters. The number of aliphatic carboxylic acids is 1. The molecule has 0 saturated carbocycles. The van der Waals surface area contributed by atoms with Gasteiger partial charge in [0.05, 0.1) is 5.92 Å². The summed E-state index contributed by atoms with van der Waals surface area (Å²) in [7, 11) is 0. The quantitative estimate of drug-likeness (QED) is 0.0896. The molecule has 0 fully saturated rings. The first-order valence-corrected chi connectivity index (χ1v) is 15.6. The van der Waals surface area contributed by atoms with Crippen LogP contribution in [-0.2, 0) is 4.79 Å². The highest BCUT2D eigenvalue weighted by atomic mass is 16.4. The van der Waals surface area contributed by atoms with E-state index in [1.54, 1.807) is 0 Å². The third-order valence-corrected chi connectivity index (χ3v) is 7.32. The van der Waals surface area contributed by atoms with E-state index in [1.165, 1.54) is 141 Å². The van der Waals surface area contributed by atoms with Crippen LogP contribution < -0.4 is 0 Å². The fraction of sp³-hybridized carbons (Fsp3) is 0.906. The van der Waals surface area contributed by atoms with Crippen LogP contribution in [0, 0.1) is 5.92 Å². The molecule has 0 aromatic rings. The fourth-order valence-corrected chi connectivity index (χ4v) is 4.91. The van der Waals surface area contributed by atoms with Gasteiger partial charge in [-0.25, -0.2) is 0 Å².